The predicted molar refractivity (Wildman–Crippen MR) is 91.4 cm³/mol. The third-order valence-corrected chi connectivity index (χ3v) is 5.32. The monoisotopic (exact) mass is 421 g/mol. The third-order valence-electron chi connectivity index (χ3n) is 2.79. The van der Waals surface area contributed by atoms with Crippen LogP contribution in [0.1, 0.15) is 29.0 Å². The van der Waals surface area contributed by atoms with E-state index in [9.17, 15) is 0 Å². The molecular formula is C14H14Br2ClNS. The topological polar surface area (TPSA) is 12.0 Å². The van der Waals surface area contributed by atoms with Gasteiger partial charge in [-0.25, -0.2) is 0 Å². The first-order chi connectivity index (χ1) is 9.01. The quantitative estimate of drug-likeness (QED) is 0.642. The van der Waals surface area contributed by atoms with Gasteiger partial charge in [-0.1, -0.05) is 50.4 Å². The highest BCUT2D eigenvalue weighted by Crippen LogP contribution is 2.35. The number of halogens is 3. The minimum absolute atomic E-state index is 0.176. The van der Waals surface area contributed by atoms with E-state index in [1.807, 2.05) is 13.0 Å². The lowest BCUT2D eigenvalue weighted by atomic mass is 10.1. The molecule has 1 nitrogen and oxygen atoms in total. The highest BCUT2D eigenvalue weighted by atomic mass is 79.9. The minimum Gasteiger partial charge on any atom is -0.306 e. The highest BCUT2D eigenvalue weighted by molar-refractivity contribution is 9.11. The zero-order valence-corrected chi connectivity index (χ0v) is 15.4. The Bertz CT molecular complexity index is 543. The lowest BCUT2D eigenvalue weighted by molar-refractivity contribution is 0.639. The molecule has 1 atom stereocenters. The first-order valence-corrected chi connectivity index (χ1v) is 8.74. The fourth-order valence-corrected chi connectivity index (χ4v) is 4.61. The van der Waals surface area contributed by atoms with Crippen molar-refractivity contribution in [2.45, 2.75) is 19.9 Å². The summed E-state index contributed by atoms with van der Waals surface area (Å²) in [5.74, 6) is 0. The van der Waals surface area contributed by atoms with E-state index in [1.165, 1.54) is 10.4 Å². The van der Waals surface area contributed by atoms with Crippen LogP contribution in [0, 0.1) is 6.92 Å². The summed E-state index contributed by atoms with van der Waals surface area (Å²) in [5.41, 5.74) is 2.36. The van der Waals surface area contributed by atoms with Gasteiger partial charge >= 0.3 is 0 Å². The van der Waals surface area contributed by atoms with E-state index in [2.05, 4.69) is 62.3 Å². The molecule has 1 heterocycles. The molecule has 0 amide bonds. The van der Waals surface area contributed by atoms with Gasteiger partial charge in [-0.3, -0.25) is 0 Å². The van der Waals surface area contributed by atoms with Crippen molar-refractivity contribution >= 4 is 54.8 Å². The van der Waals surface area contributed by atoms with Crippen LogP contribution < -0.4 is 5.32 Å². The van der Waals surface area contributed by atoms with E-state index in [1.54, 1.807) is 11.3 Å². The molecule has 5 heteroatoms. The Balaban J connectivity index is 2.44. The summed E-state index contributed by atoms with van der Waals surface area (Å²) in [6, 6.07) is 8.66. The molecule has 1 N–H and O–H groups in total. The third kappa shape index (κ3) is 3.82. The van der Waals surface area contributed by atoms with E-state index in [0.717, 1.165) is 25.4 Å². The summed E-state index contributed by atoms with van der Waals surface area (Å²) in [5, 5.41) is 3.52. The minimum atomic E-state index is 0.176. The molecule has 2 rings (SSSR count). The maximum Gasteiger partial charge on any atom is 0.0961 e. The second kappa shape index (κ2) is 6.72. The van der Waals surface area contributed by atoms with Crippen LogP contribution in [0.15, 0.2) is 33.2 Å². The van der Waals surface area contributed by atoms with Gasteiger partial charge in [0, 0.05) is 13.8 Å². The highest BCUT2D eigenvalue weighted by Gasteiger charge is 2.17. The number of aryl methyl sites for hydroxylation is 1. The summed E-state index contributed by atoms with van der Waals surface area (Å²) >= 11 is 14.9. The number of hydrogen-bond acceptors (Lipinski definition) is 2. The van der Waals surface area contributed by atoms with Crippen LogP contribution in [0.4, 0.5) is 0 Å². The fourth-order valence-electron chi connectivity index (χ4n) is 1.95. The molecule has 0 fully saturated rings. The Morgan fingerprint density at radius 2 is 1.84 bits per heavy atom. The molecule has 19 heavy (non-hydrogen) atoms. The normalized spacial score (nSPS) is 12.7. The van der Waals surface area contributed by atoms with Gasteiger partial charge in [-0.15, -0.1) is 11.3 Å². The fraction of sp³-hybridized carbons (Fsp3) is 0.286. The van der Waals surface area contributed by atoms with Crippen LogP contribution in [0.2, 0.25) is 4.34 Å². The number of nitrogens with one attached hydrogen (secondary N) is 1. The van der Waals surface area contributed by atoms with Crippen molar-refractivity contribution in [2.75, 3.05) is 6.54 Å². The van der Waals surface area contributed by atoms with Gasteiger partial charge in [0.25, 0.3) is 0 Å². The van der Waals surface area contributed by atoms with E-state index >= 15 is 0 Å². The van der Waals surface area contributed by atoms with Gasteiger partial charge in [0.15, 0.2) is 0 Å². The molecular weight excluding hydrogens is 409 g/mol. The molecule has 0 saturated heterocycles. The van der Waals surface area contributed by atoms with Gasteiger partial charge in [0.1, 0.15) is 0 Å². The molecule has 0 radical (unpaired) electrons. The molecule has 2 aromatic rings. The summed E-state index contributed by atoms with van der Waals surface area (Å²) in [7, 11) is 0. The number of rotatable bonds is 4. The molecule has 0 aliphatic carbocycles. The maximum atomic E-state index is 6.20. The van der Waals surface area contributed by atoms with Crippen LogP contribution in [-0.2, 0) is 0 Å². The number of hydrogen-bond donors (Lipinski definition) is 1. The van der Waals surface area contributed by atoms with Crippen LogP contribution in [-0.4, -0.2) is 6.54 Å². The van der Waals surface area contributed by atoms with E-state index in [4.69, 9.17) is 11.6 Å². The number of benzene rings is 1. The second-order valence-electron chi connectivity index (χ2n) is 4.30. The van der Waals surface area contributed by atoms with Crippen LogP contribution in [0.5, 0.6) is 0 Å². The van der Waals surface area contributed by atoms with Crippen molar-refractivity contribution in [1.29, 1.82) is 0 Å². The van der Waals surface area contributed by atoms with Crippen LogP contribution in [0.3, 0.4) is 0 Å². The summed E-state index contributed by atoms with van der Waals surface area (Å²) < 4.78 is 3.00. The molecule has 0 aliphatic rings. The molecule has 0 bridgehead atoms. The SMILES string of the molecule is CCNC(c1cc(Br)cc(Br)c1)c1cc(C)c(Cl)s1. The average Bonchev–Trinajstić information content (AvgIpc) is 2.65. The van der Waals surface area contributed by atoms with E-state index in [-0.39, 0.29) is 6.04 Å². The first kappa shape index (κ1) is 15.5. The molecule has 1 unspecified atom stereocenters. The van der Waals surface area contributed by atoms with Crippen molar-refractivity contribution in [2.24, 2.45) is 0 Å². The Kier molecular flexibility index (Phi) is 5.49. The zero-order chi connectivity index (χ0) is 14.0. The lowest BCUT2D eigenvalue weighted by Gasteiger charge is -2.17. The van der Waals surface area contributed by atoms with Crippen molar-refractivity contribution < 1.29 is 0 Å². The average molecular weight is 424 g/mol. The van der Waals surface area contributed by atoms with E-state index < -0.39 is 0 Å². The molecule has 0 saturated carbocycles. The maximum absolute atomic E-state index is 6.20. The second-order valence-corrected chi connectivity index (χ2v) is 7.82. The summed E-state index contributed by atoms with van der Waals surface area (Å²) in [4.78, 5) is 1.24. The standard InChI is InChI=1S/C14H14Br2ClNS/c1-3-18-13(12-4-8(2)14(17)19-12)9-5-10(15)7-11(16)6-9/h4-7,13,18H,3H2,1-2H3. The van der Waals surface area contributed by atoms with Gasteiger partial charge in [0.05, 0.1) is 10.4 Å². The van der Waals surface area contributed by atoms with Gasteiger partial charge in [-0.2, -0.15) is 0 Å². The van der Waals surface area contributed by atoms with Gasteiger partial charge < -0.3 is 5.32 Å². The molecule has 0 spiro atoms. The molecule has 1 aromatic carbocycles. The van der Waals surface area contributed by atoms with Crippen molar-refractivity contribution in [3.63, 3.8) is 0 Å². The molecule has 0 aliphatic heterocycles. The largest absolute Gasteiger partial charge is 0.306 e. The molecule has 102 valence electrons. The lowest BCUT2D eigenvalue weighted by Crippen LogP contribution is -2.21. The smallest absolute Gasteiger partial charge is 0.0961 e. The van der Waals surface area contributed by atoms with Crippen molar-refractivity contribution in [1.82, 2.24) is 5.32 Å². The van der Waals surface area contributed by atoms with Crippen LogP contribution >= 0.6 is 54.8 Å². The number of thiophene rings is 1. The van der Waals surface area contributed by atoms with Gasteiger partial charge in [-0.05, 0) is 48.9 Å². The Morgan fingerprint density at radius 1 is 1.21 bits per heavy atom. The Labute approximate surface area is 139 Å². The Morgan fingerprint density at radius 3 is 2.32 bits per heavy atom. The van der Waals surface area contributed by atoms with Gasteiger partial charge in [0.2, 0.25) is 0 Å². The first-order valence-electron chi connectivity index (χ1n) is 5.96. The summed E-state index contributed by atoms with van der Waals surface area (Å²) in [6.45, 7) is 5.06. The van der Waals surface area contributed by atoms with Crippen molar-refractivity contribution in [3.05, 3.63) is 53.6 Å². The summed E-state index contributed by atoms with van der Waals surface area (Å²) in [6.07, 6.45) is 0. The van der Waals surface area contributed by atoms with E-state index in [0.29, 0.717) is 0 Å². The predicted octanol–water partition coefficient (Wildman–Crippen LogP) is 5.93. The van der Waals surface area contributed by atoms with Crippen molar-refractivity contribution in [3.8, 4) is 0 Å². The Hall–Kier alpha value is 0.130. The molecule has 1 aromatic heterocycles. The zero-order valence-electron chi connectivity index (χ0n) is 10.6. The van der Waals surface area contributed by atoms with Crippen LogP contribution in [0.25, 0.3) is 0 Å².